The quantitative estimate of drug-likeness (QED) is 0.704. The second-order valence-electron chi connectivity index (χ2n) is 7.61. The van der Waals surface area contributed by atoms with Crippen LogP contribution in [0.2, 0.25) is 0 Å². The second kappa shape index (κ2) is 6.46. The van der Waals surface area contributed by atoms with Gasteiger partial charge in [0.2, 0.25) is 0 Å². The molecule has 0 radical (unpaired) electrons. The lowest BCUT2D eigenvalue weighted by atomic mass is 10.1. The van der Waals surface area contributed by atoms with E-state index in [-0.39, 0.29) is 11.9 Å². The maximum Gasteiger partial charge on any atom is 0.255 e. The van der Waals surface area contributed by atoms with Crippen LogP contribution in [0, 0.1) is 0 Å². The lowest BCUT2D eigenvalue weighted by Crippen LogP contribution is -2.56. The summed E-state index contributed by atoms with van der Waals surface area (Å²) >= 11 is 0. The molecule has 2 aliphatic rings. The lowest BCUT2D eigenvalue weighted by Gasteiger charge is -2.42. The maximum absolute atomic E-state index is 13.2. The average molecular weight is 361 g/mol. The maximum atomic E-state index is 13.2. The van der Waals surface area contributed by atoms with Crippen LogP contribution < -0.4 is 0 Å². The van der Waals surface area contributed by atoms with Crippen LogP contribution in [0.15, 0.2) is 48.9 Å². The minimum atomic E-state index is 0.0673. The number of fused-ring (bicyclic) bond motifs is 2. The van der Waals surface area contributed by atoms with E-state index in [9.17, 15) is 4.79 Å². The Kier molecular flexibility index (Phi) is 3.93. The number of para-hydroxylation sites is 1. The predicted octanol–water partition coefficient (Wildman–Crippen LogP) is 2.73. The molecule has 6 nitrogen and oxygen atoms in total. The van der Waals surface area contributed by atoms with Crippen molar-refractivity contribution in [3.8, 4) is 5.69 Å². The molecule has 0 unspecified atom stereocenters. The third kappa shape index (κ3) is 2.80. The van der Waals surface area contributed by atoms with Crippen molar-refractivity contribution in [1.29, 1.82) is 0 Å². The molecule has 27 heavy (non-hydrogen) atoms. The van der Waals surface area contributed by atoms with Gasteiger partial charge in [-0.05, 0) is 44.5 Å². The van der Waals surface area contributed by atoms with Gasteiger partial charge in [0.1, 0.15) is 11.8 Å². The molecule has 4 heterocycles. The zero-order chi connectivity index (χ0) is 18.4. The van der Waals surface area contributed by atoms with Crippen molar-refractivity contribution in [3.05, 3.63) is 54.5 Å². The summed E-state index contributed by atoms with van der Waals surface area (Å²) in [6.45, 7) is 5.09. The highest BCUT2D eigenvalue weighted by atomic mass is 16.2. The normalized spacial score (nSPS) is 22.9. The number of piperazine rings is 1. The molecule has 0 spiro atoms. The van der Waals surface area contributed by atoms with E-state index in [4.69, 9.17) is 0 Å². The van der Waals surface area contributed by atoms with Gasteiger partial charge in [0.25, 0.3) is 5.91 Å². The van der Waals surface area contributed by atoms with Crippen LogP contribution in [0.5, 0.6) is 0 Å². The van der Waals surface area contributed by atoms with Gasteiger partial charge < -0.3 is 4.90 Å². The summed E-state index contributed by atoms with van der Waals surface area (Å²) in [6.07, 6.45) is 5.89. The van der Waals surface area contributed by atoms with Crippen LogP contribution in [-0.4, -0.2) is 62.0 Å². The Morgan fingerprint density at radius 1 is 1.15 bits per heavy atom. The van der Waals surface area contributed by atoms with Crippen molar-refractivity contribution in [2.75, 3.05) is 19.6 Å². The van der Waals surface area contributed by atoms with E-state index in [0.29, 0.717) is 11.6 Å². The van der Waals surface area contributed by atoms with E-state index in [2.05, 4.69) is 21.8 Å². The van der Waals surface area contributed by atoms with Crippen molar-refractivity contribution in [1.82, 2.24) is 24.3 Å². The first-order chi connectivity index (χ1) is 13.2. The van der Waals surface area contributed by atoms with E-state index in [1.165, 1.54) is 19.4 Å². The van der Waals surface area contributed by atoms with Crippen molar-refractivity contribution in [2.45, 2.75) is 31.8 Å². The third-order valence-electron chi connectivity index (χ3n) is 5.87. The number of aromatic nitrogens is 3. The van der Waals surface area contributed by atoms with Gasteiger partial charge in [0.15, 0.2) is 5.65 Å². The van der Waals surface area contributed by atoms with E-state index in [1.54, 1.807) is 12.5 Å². The minimum Gasteiger partial charge on any atom is -0.333 e. The van der Waals surface area contributed by atoms with Gasteiger partial charge in [-0.15, -0.1) is 0 Å². The Balaban J connectivity index is 1.44. The molecule has 2 atom stereocenters. The summed E-state index contributed by atoms with van der Waals surface area (Å²) < 4.78 is 1.95. The molecular weight excluding hydrogens is 338 g/mol. The fraction of sp³-hybridized carbons (Fsp3) is 0.381. The van der Waals surface area contributed by atoms with E-state index >= 15 is 0 Å². The van der Waals surface area contributed by atoms with Crippen LogP contribution in [0.1, 0.15) is 30.1 Å². The largest absolute Gasteiger partial charge is 0.333 e. The molecule has 3 aromatic rings. The van der Waals surface area contributed by atoms with Crippen molar-refractivity contribution < 1.29 is 4.79 Å². The van der Waals surface area contributed by atoms with Crippen molar-refractivity contribution in [3.63, 3.8) is 0 Å². The molecule has 5 rings (SSSR count). The zero-order valence-corrected chi connectivity index (χ0v) is 15.5. The minimum absolute atomic E-state index is 0.0673. The Morgan fingerprint density at radius 2 is 2.00 bits per heavy atom. The van der Waals surface area contributed by atoms with Crippen LogP contribution in [-0.2, 0) is 0 Å². The van der Waals surface area contributed by atoms with E-state index in [1.807, 2.05) is 45.9 Å². The van der Waals surface area contributed by atoms with Gasteiger partial charge in [0, 0.05) is 37.1 Å². The van der Waals surface area contributed by atoms with Crippen molar-refractivity contribution in [2.24, 2.45) is 0 Å². The smallest absolute Gasteiger partial charge is 0.255 e. The summed E-state index contributed by atoms with van der Waals surface area (Å²) in [4.78, 5) is 26.7. The molecule has 1 aromatic carbocycles. The fourth-order valence-corrected chi connectivity index (χ4v) is 4.43. The van der Waals surface area contributed by atoms with E-state index in [0.717, 1.165) is 29.9 Å². The highest BCUT2D eigenvalue weighted by Gasteiger charge is 2.36. The van der Waals surface area contributed by atoms with Gasteiger partial charge in [-0.2, -0.15) is 0 Å². The van der Waals surface area contributed by atoms with Crippen LogP contribution >= 0.6 is 0 Å². The first kappa shape index (κ1) is 16.4. The number of pyridine rings is 1. The lowest BCUT2D eigenvalue weighted by molar-refractivity contribution is 0.0395. The Morgan fingerprint density at radius 3 is 2.85 bits per heavy atom. The monoisotopic (exact) mass is 361 g/mol. The molecule has 6 heteroatoms. The SMILES string of the molecule is C[C@@H]1CN2CCC[C@H]2CN1C(=O)c1cnc2c(c1)ncn2-c1ccccc1. The molecule has 0 saturated carbocycles. The van der Waals surface area contributed by atoms with Crippen LogP contribution in [0.3, 0.4) is 0 Å². The predicted molar refractivity (Wildman–Crippen MR) is 104 cm³/mol. The number of hydrogen-bond acceptors (Lipinski definition) is 4. The summed E-state index contributed by atoms with van der Waals surface area (Å²) in [5.74, 6) is 0.0673. The standard InChI is InChI=1S/C21H23N5O/c1-15-12-24-9-5-8-18(24)13-25(15)21(27)16-10-19-20(22-11-16)26(14-23-19)17-6-3-2-4-7-17/h2-4,6-7,10-11,14-15,18H,5,8-9,12-13H2,1H3/t15-,18+/m1/s1. The first-order valence-electron chi connectivity index (χ1n) is 9.64. The first-order valence-corrected chi connectivity index (χ1v) is 9.64. The van der Waals surface area contributed by atoms with Gasteiger partial charge >= 0.3 is 0 Å². The molecule has 0 aliphatic carbocycles. The Bertz CT molecular complexity index is 983. The number of carbonyl (C=O) groups is 1. The number of carbonyl (C=O) groups excluding carboxylic acids is 1. The number of amides is 1. The zero-order valence-electron chi connectivity index (χ0n) is 15.5. The van der Waals surface area contributed by atoms with E-state index < -0.39 is 0 Å². The van der Waals surface area contributed by atoms with Gasteiger partial charge in [0.05, 0.1) is 5.56 Å². The summed E-state index contributed by atoms with van der Waals surface area (Å²) in [6, 6.07) is 12.6. The fourth-order valence-electron chi connectivity index (χ4n) is 4.43. The van der Waals surface area contributed by atoms with Crippen LogP contribution in [0.4, 0.5) is 0 Å². The number of rotatable bonds is 2. The molecular formula is C21H23N5O. The summed E-state index contributed by atoms with van der Waals surface area (Å²) in [5, 5.41) is 0. The molecule has 2 aromatic heterocycles. The van der Waals surface area contributed by atoms with Gasteiger partial charge in [-0.1, -0.05) is 18.2 Å². The number of benzene rings is 1. The molecule has 2 saturated heterocycles. The topological polar surface area (TPSA) is 54.3 Å². The summed E-state index contributed by atoms with van der Waals surface area (Å²) in [5.41, 5.74) is 3.15. The molecule has 0 bridgehead atoms. The second-order valence-corrected chi connectivity index (χ2v) is 7.61. The molecule has 2 aliphatic heterocycles. The highest BCUT2D eigenvalue weighted by molar-refractivity contribution is 5.96. The molecule has 2 fully saturated rings. The Labute approximate surface area is 158 Å². The van der Waals surface area contributed by atoms with Crippen LogP contribution in [0.25, 0.3) is 16.9 Å². The highest BCUT2D eigenvalue weighted by Crippen LogP contribution is 2.26. The molecule has 0 N–H and O–H groups in total. The molecule has 1 amide bonds. The molecule has 138 valence electrons. The Hall–Kier alpha value is -2.73. The number of hydrogen-bond donors (Lipinski definition) is 0. The summed E-state index contributed by atoms with van der Waals surface area (Å²) in [7, 11) is 0. The average Bonchev–Trinajstić information content (AvgIpc) is 3.33. The third-order valence-corrected chi connectivity index (χ3v) is 5.87. The van der Waals surface area contributed by atoms with Gasteiger partial charge in [-0.25, -0.2) is 9.97 Å². The van der Waals surface area contributed by atoms with Crippen molar-refractivity contribution >= 4 is 17.1 Å². The number of imidazole rings is 1. The number of nitrogens with zero attached hydrogens (tertiary/aromatic N) is 5. The van der Waals surface area contributed by atoms with Gasteiger partial charge in [-0.3, -0.25) is 14.3 Å².